The first-order valence-corrected chi connectivity index (χ1v) is 6.51. The second-order valence-electron chi connectivity index (χ2n) is 4.04. The molecule has 0 radical (unpaired) electrons. The maximum atomic E-state index is 11.9. The maximum Gasteiger partial charge on any atom is 0.337 e. The van der Waals surface area contributed by atoms with Gasteiger partial charge in [0, 0.05) is 5.56 Å². The predicted octanol–water partition coefficient (Wildman–Crippen LogP) is 2.33. The number of Topliss-reactive ketones (excluding diaryl/α,β-unsaturated/α-hetero) is 1. The summed E-state index contributed by atoms with van der Waals surface area (Å²) >= 11 is 3.19. The number of aryl methyl sites for hydroxylation is 1. The minimum absolute atomic E-state index is 0.135. The Morgan fingerprint density at radius 3 is 2.39 bits per heavy atom. The van der Waals surface area contributed by atoms with Crippen LogP contribution in [0.25, 0.3) is 0 Å². The highest BCUT2D eigenvalue weighted by Crippen LogP contribution is 2.20. The van der Waals surface area contributed by atoms with Gasteiger partial charge in [-0.2, -0.15) is 0 Å². The molecule has 2 unspecified atom stereocenters. The van der Waals surface area contributed by atoms with E-state index in [4.69, 9.17) is 5.11 Å². The van der Waals surface area contributed by atoms with Crippen LogP contribution in [0.5, 0.6) is 0 Å². The largest absolute Gasteiger partial charge is 0.479 e. The third kappa shape index (κ3) is 3.40. The molecule has 0 saturated carbocycles. The van der Waals surface area contributed by atoms with Crippen molar-refractivity contribution in [1.82, 2.24) is 0 Å². The molecule has 18 heavy (non-hydrogen) atoms. The van der Waals surface area contributed by atoms with Crippen molar-refractivity contribution in [2.24, 2.45) is 0 Å². The first kappa shape index (κ1) is 14.9. The summed E-state index contributed by atoms with van der Waals surface area (Å²) in [5.74, 6) is -1.46. The van der Waals surface area contributed by atoms with Crippen LogP contribution in [0.4, 0.5) is 0 Å². The third-order valence-corrected chi connectivity index (χ3v) is 3.03. The Kier molecular flexibility index (Phi) is 5.04. The Hall–Kier alpha value is -1.20. The van der Waals surface area contributed by atoms with Crippen LogP contribution >= 0.6 is 15.9 Å². The molecule has 98 valence electrons. The van der Waals surface area contributed by atoms with Crippen LogP contribution in [0.1, 0.15) is 41.4 Å². The monoisotopic (exact) mass is 314 g/mol. The number of hydrogen-bond acceptors (Lipinski definition) is 3. The second-order valence-corrected chi connectivity index (χ2v) is 5.41. The minimum Gasteiger partial charge on any atom is -0.479 e. The van der Waals surface area contributed by atoms with Gasteiger partial charge in [-0.1, -0.05) is 28.9 Å². The van der Waals surface area contributed by atoms with Gasteiger partial charge in [0.05, 0.1) is 4.83 Å². The molecule has 0 heterocycles. The summed E-state index contributed by atoms with van der Waals surface area (Å²) in [6, 6.07) is 4.75. The summed E-state index contributed by atoms with van der Waals surface area (Å²) in [5.41, 5.74) is 1.47. The number of carbonyl (C=O) groups excluding carboxylic acids is 1. The topological polar surface area (TPSA) is 74.6 Å². The average Bonchev–Trinajstić information content (AvgIpc) is 2.35. The molecular weight excluding hydrogens is 300 g/mol. The van der Waals surface area contributed by atoms with E-state index in [0.717, 1.165) is 5.56 Å². The Balaban J connectivity index is 3.25. The number of rotatable bonds is 5. The second kappa shape index (κ2) is 6.11. The number of benzene rings is 1. The molecule has 0 fully saturated rings. The van der Waals surface area contributed by atoms with E-state index >= 15 is 0 Å². The Morgan fingerprint density at radius 2 is 1.94 bits per heavy atom. The molecule has 4 nitrogen and oxygen atoms in total. The SMILES string of the molecule is CCc1cc(C(=O)C(C)Br)cc(C(O)C(=O)O)c1. The van der Waals surface area contributed by atoms with Gasteiger partial charge >= 0.3 is 5.97 Å². The van der Waals surface area contributed by atoms with Gasteiger partial charge in [0.25, 0.3) is 0 Å². The van der Waals surface area contributed by atoms with E-state index in [2.05, 4.69) is 15.9 Å². The quantitative estimate of drug-likeness (QED) is 0.646. The number of hydrogen-bond donors (Lipinski definition) is 2. The van der Waals surface area contributed by atoms with Crippen molar-refractivity contribution >= 4 is 27.7 Å². The van der Waals surface area contributed by atoms with E-state index in [1.807, 2.05) is 6.92 Å². The lowest BCUT2D eigenvalue weighted by Crippen LogP contribution is -2.14. The molecule has 2 N–H and O–H groups in total. The van der Waals surface area contributed by atoms with Crippen LogP contribution in [-0.4, -0.2) is 26.8 Å². The van der Waals surface area contributed by atoms with E-state index in [-0.39, 0.29) is 16.2 Å². The number of halogens is 1. The molecule has 1 aromatic carbocycles. The molecule has 1 rings (SSSR count). The zero-order chi connectivity index (χ0) is 13.9. The minimum atomic E-state index is -1.60. The summed E-state index contributed by atoms with van der Waals surface area (Å²) < 4.78 is 0. The predicted molar refractivity (Wildman–Crippen MR) is 71.1 cm³/mol. The average molecular weight is 315 g/mol. The number of carboxylic acids is 1. The van der Waals surface area contributed by atoms with Crippen LogP contribution in [0, 0.1) is 0 Å². The maximum absolute atomic E-state index is 11.9. The number of alkyl halides is 1. The highest BCUT2D eigenvalue weighted by atomic mass is 79.9. The van der Waals surface area contributed by atoms with Gasteiger partial charge in [-0.15, -0.1) is 0 Å². The molecule has 0 amide bonds. The summed E-state index contributed by atoms with van der Waals surface area (Å²) in [6.07, 6.45) is -0.939. The number of carboxylic acid groups (broad SMARTS) is 1. The molecule has 5 heteroatoms. The number of aliphatic carboxylic acids is 1. The van der Waals surface area contributed by atoms with Crippen molar-refractivity contribution < 1.29 is 19.8 Å². The van der Waals surface area contributed by atoms with Crippen molar-refractivity contribution in [3.63, 3.8) is 0 Å². The Bertz CT molecular complexity index is 468. The molecule has 0 aliphatic heterocycles. The van der Waals surface area contributed by atoms with E-state index < -0.39 is 12.1 Å². The van der Waals surface area contributed by atoms with E-state index in [1.165, 1.54) is 6.07 Å². The van der Waals surface area contributed by atoms with Crippen molar-refractivity contribution in [2.45, 2.75) is 31.2 Å². The standard InChI is InChI=1S/C13H15BrO4/c1-3-8-4-9(11(15)7(2)14)6-10(5-8)12(16)13(17)18/h4-7,12,16H,3H2,1-2H3,(H,17,18). The van der Waals surface area contributed by atoms with Gasteiger partial charge in [-0.25, -0.2) is 4.79 Å². The number of aliphatic hydroxyl groups excluding tert-OH is 1. The molecule has 0 aliphatic carbocycles. The summed E-state index contributed by atoms with van der Waals surface area (Å²) in [6.45, 7) is 3.60. The highest BCUT2D eigenvalue weighted by Gasteiger charge is 2.20. The molecule has 0 aliphatic rings. The van der Waals surface area contributed by atoms with Crippen molar-refractivity contribution in [2.75, 3.05) is 0 Å². The Labute approximate surface area is 114 Å². The van der Waals surface area contributed by atoms with Crippen LogP contribution < -0.4 is 0 Å². The normalized spacial score (nSPS) is 14.0. The smallest absolute Gasteiger partial charge is 0.337 e. The number of ketones is 1. The van der Waals surface area contributed by atoms with Gasteiger partial charge in [-0.05, 0) is 36.6 Å². The summed E-state index contributed by atoms with van der Waals surface area (Å²) in [5, 5.41) is 18.3. The molecule has 0 saturated heterocycles. The zero-order valence-corrected chi connectivity index (χ0v) is 11.8. The third-order valence-electron chi connectivity index (χ3n) is 2.62. The zero-order valence-electron chi connectivity index (χ0n) is 10.2. The lowest BCUT2D eigenvalue weighted by atomic mass is 9.97. The van der Waals surface area contributed by atoms with Crippen molar-refractivity contribution in [3.8, 4) is 0 Å². The van der Waals surface area contributed by atoms with Crippen LogP contribution in [0.3, 0.4) is 0 Å². The van der Waals surface area contributed by atoms with Crippen molar-refractivity contribution in [3.05, 3.63) is 34.9 Å². The Morgan fingerprint density at radius 1 is 1.33 bits per heavy atom. The van der Waals surface area contributed by atoms with Crippen LogP contribution in [-0.2, 0) is 11.2 Å². The molecule has 1 aromatic rings. The fourth-order valence-corrected chi connectivity index (χ4v) is 1.86. The summed E-state index contributed by atoms with van der Waals surface area (Å²) in [4.78, 5) is 22.3. The summed E-state index contributed by atoms with van der Waals surface area (Å²) in [7, 11) is 0. The fraction of sp³-hybridized carbons (Fsp3) is 0.385. The lowest BCUT2D eigenvalue weighted by molar-refractivity contribution is -0.146. The number of carbonyl (C=O) groups is 2. The van der Waals surface area contributed by atoms with Gasteiger partial charge in [0.1, 0.15) is 0 Å². The van der Waals surface area contributed by atoms with E-state index in [1.54, 1.807) is 19.1 Å². The van der Waals surface area contributed by atoms with Gasteiger partial charge in [-0.3, -0.25) is 4.79 Å². The molecule has 2 atom stereocenters. The first-order chi connectivity index (χ1) is 8.36. The molecule has 0 spiro atoms. The van der Waals surface area contributed by atoms with E-state index in [9.17, 15) is 14.7 Å². The highest BCUT2D eigenvalue weighted by molar-refractivity contribution is 9.10. The van der Waals surface area contributed by atoms with Crippen LogP contribution in [0.2, 0.25) is 0 Å². The van der Waals surface area contributed by atoms with Gasteiger partial charge < -0.3 is 10.2 Å². The fourth-order valence-electron chi connectivity index (χ4n) is 1.59. The van der Waals surface area contributed by atoms with E-state index in [0.29, 0.717) is 12.0 Å². The van der Waals surface area contributed by atoms with Crippen molar-refractivity contribution in [1.29, 1.82) is 0 Å². The van der Waals surface area contributed by atoms with Gasteiger partial charge in [0.15, 0.2) is 11.9 Å². The molecule has 0 aromatic heterocycles. The van der Waals surface area contributed by atoms with Crippen LogP contribution in [0.15, 0.2) is 18.2 Å². The molecule has 0 bridgehead atoms. The van der Waals surface area contributed by atoms with Gasteiger partial charge in [0.2, 0.25) is 0 Å². The molecular formula is C13H15BrO4. The lowest BCUT2D eigenvalue weighted by Gasteiger charge is -2.11. The number of aliphatic hydroxyl groups is 1. The first-order valence-electron chi connectivity index (χ1n) is 5.59.